The molecule has 4 rings (SSSR count). The molecule has 0 aliphatic heterocycles. The molecule has 6 nitrogen and oxygen atoms in total. The number of aryl methyl sites for hydroxylation is 1. The highest BCUT2D eigenvalue weighted by molar-refractivity contribution is 5.84. The van der Waals surface area contributed by atoms with Gasteiger partial charge in [0, 0.05) is 18.2 Å². The van der Waals surface area contributed by atoms with Gasteiger partial charge in [-0.1, -0.05) is 17.7 Å². The van der Waals surface area contributed by atoms with E-state index in [0.717, 1.165) is 46.7 Å². The SMILES string of the molecule is Cc1ccc(-n2c(-c3ccoc3)nc3ccc(OCCCCCC(=O)O)cc32)cc1. The van der Waals surface area contributed by atoms with Crippen LogP contribution >= 0.6 is 0 Å². The van der Waals surface area contributed by atoms with Crippen molar-refractivity contribution < 1.29 is 19.1 Å². The number of fused-ring (bicyclic) bond motifs is 1. The Labute approximate surface area is 174 Å². The molecule has 0 saturated heterocycles. The molecule has 0 amide bonds. The van der Waals surface area contributed by atoms with Crippen LogP contribution in [0.3, 0.4) is 0 Å². The van der Waals surface area contributed by atoms with Crippen molar-refractivity contribution in [2.45, 2.75) is 32.6 Å². The quantitative estimate of drug-likeness (QED) is 0.367. The largest absolute Gasteiger partial charge is 0.494 e. The molecule has 0 unspecified atom stereocenters. The fraction of sp³-hybridized carbons (Fsp3) is 0.250. The third kappa shape index (κ3) is 4.38. The van der Waals surface area contributed by atoms with Gasteiger partial charge in [0.2, 0.25) is 0 Å². The number of rotatable bonds is 9. The van der Waals surface area contributed by atoms with Crippen molar-refractivity contribution in [1.82, 2.24) is 9.55 Å². The number of aromatic nitrogens is 2. The number of hydrogen-bond acceptors (Lipinski definition) is 4. The molecule has 4 aromatic rings. The van der Waals surface area contributed by atoms with Crippen LogP contribution in [-0.2, 0) is 4.79 Å². The number of ether oxygens (including phenoxy) is 1. The molecule has 0 saturated carbocycles. The first-order chi connectivity index (χ1) is 14.6. The van der Waals surface area contributed by atoms with E-state index in [1.54, 1.807) is 12.5 Å². The maximum absolute atomic E-state index is 10.6. The van der Waals surface area contributed by atoms with E-state index in [2.05, 4.69) is 35.8 Å². The Balaban J connectivity index is 1.61. The van der Waals surface area contributed by atoms with Crippen molar-refractivity contribution in [1.29, 1.82) is 0 Å². The van der Waals surface area contributed by atoms with E-state index >= 15 is 0 Å². The zero-order chi connectivity index (χ0) is 20.9. The number of hydrogen-bond donors (Lipinski definition) is 1. The van der Waals surface area contributed by atoms with E-state index in [0.29, 0.717) is 13.0 Å². The summed E-state index contributed by atoms with van der Waals surface area (Å²) in [5.74, 6) is 0.834. The summed E-state index contributed by atoms with van der Waals surface area (Å²) in [6.07, 6.45) is 5.88. The first-order valence-electron chi connectivity index (χ1n) is 10.1. The lowest BCUT2D eigenvalue weighted by atomic mass is 10.2. The van der Waals surface area contributed by atoms with Crippen LogP contribution in [0, 0.1) is 6.92 Å². The summed E-state index contributed by atoms with van der Waals surface area (Å²) in [6.45, 7) is 2.62. The van der Waals surface area contributed by atoms with Crippen LogP contribution in [0.4, 0.5) is 0 Å². The summed E-state index contributed by atoms with van der Waals surface area (Å²) in [4.78, 5) is 15.4. The smallest absolute Gasteiger partial charge is 0.303 e. The molecule has 2 aromatic carbocycles. The molecule has 0 spiro atoms. The summed E-state index contributed by atoms with van der Waals surface area (Å²) in [6, 6.07) is 16.1. The van der Waals surface area contributed by atoms with Gasteiger partial charge in [0.25, 0.3) is 0 Å². The van der Waals surface area contributed by atoms with Crippen molar-refractivity contribution in [2.75, 3.05) is 6.61 Å². The number of unbranched alkanes of at least 4 members (excludes halogenated alkanes) is 2. The van der Waals surface area contributed by atoms with Crippen molar-refractivity contribution >= 4 is 17.0 Å². The molecular formula is C24H24N2O4. The number of imidazole rings is 1. The highest BCUT2D eigenvalue weighted by Crippen LogP contribution is 2.31. The normalized spacial score (nSPS) is 11.1. The van der Waals surface area contributed by atoms with Crippen LogP contribution in [0.1, 0.15) is 31.2 Å². The van der Waals surface area contributed by atoms with Gasteiger partial charge in [0.15, 0.2) is 0 Å². The summed E-state index contributed by atoms with van der Waals surface area (Å²) in [5.41, 5.74) is 4.96. The molecule has 0 fully saturated rings. The highest BCUT2D eigenvalue weighted by Gasteiger charge is 2.16. The van der Waals surface area contributed by atoms with Crippen molar-refractivity contribution in [2.24, 2.45) is 0 Å². The maximum atomic E-state index is 10.6. The van der Waals surface area contributed by atoms with Crippen molar-refractivity contribution in [3.63, 3.8) is 0 Å². The Kier molecular flexibility index (Phi) is 5.84. The van der Waals surface area contributed by atoms with E-state index < -0.39 is 5.97 Å². The molecule has 154 valence electrons. The van der Waals surface area contributed by atoms with Crippen LogP contribution in [-0.4, -0.2) is 27.2 Å². The first kappa shape index (κ1) is 19.8. The monoisotopic (exact) mass is 404 g/mol. The Hall–Kier alpha value is -3.54. The number of carboxylic acids is 1. The third-order valence-electron chi connectivity index (χ3n) is 5.00. The van der Waals surface area contributed by atoms with Gasteiger partial charge >= 0.3 is 5.97 Å². The Morgan fingerprint density at radius 3 is 2.67 bits per heavy atom. The standard InChI is InChI=1S/C24H24N2O4/c1-17-6-8-19(9-7-17)26-22-15-20(30-13-4-2-3-5-23(27)28)10-11-21(22)25-24(26)18-12-14-29-16-18/h6-12,14-16H,2-5,13H2,1H3,(H,27,28). The summed E-state index contributed by atoms with van der Waals surface area (Å²) >= 11 is 0. The van der Waals surface area contributed by atoms with Gasteiger partial charge in [0.05, 0.1) is 29.5 Å². The molecular weight excluding hydrogens is 380 g/mol. The lowest BCUT2D eigenvalue weighted by Crippen LogP contribution is -2.00. The van der Waals surface area contributed by atoms with Gasteiger partial charge in [-0.3, -0.25) is 9.36 Å². The van der Waals surface area contributed by atoms with Gasteiger partial charge in [0.1, 0.15) is 17.8 Å². The lowest BCUT2D eigenvalue weighted by Gasteiger charge is -2.10. The molecule has 0 radical (unpaired) electrons. The zero-order valence-electron chi connectivity index (χ0n) is 16.9. The van der Waals surface area contributed by atoms with Gasteiger partial charge < -0.3 is 14.3 Å². The van der Waals surface area contributed by atoms with Gasteiger partial charge in [-0.15, -0.1) is 0 Å². The maximum Gasteiger partial charge on any atom is 0.303 e. The molecule has 2 aromatic heterocycles. The van der Waals surface area contributed by atoms with Crippen molar-refractivity contribution in [3.05, 3.63) is 66.6 Å². The van der Waals surface area contributed by atoms with Gasteiger partial charge in [-0.2, -0.15) is 0 Å². The van der Waals surface area contributed by atoms with E-state index in [1.165, 1.54) is 5.56 Å². The molecule has 0 atom stereocenters. The number of benzene rings is 2. The molecule has 0 aliphatic rings. The topological polar surface area (TPSA) is 77.5 Å². The number of furan rings is 1. The van der Waals surface area contributed by atoms with Crippen LogP contribution in [0.25, 0.3) is 28.1 Å². The fourth-order valence-electron chi connectivity index (χ4n) is 3.43. The van der Waals surface area contributed by atoms with Crippen LogP contribution in [0.2, 0.25) is 0 Å². The van der Waals surface area contributed by atoms with E-state index in [9.17, 15) is 4.79 Å². The second-order valence-electron chi connectivity index (χ2n) is 7.32. The van der Waals surface area contributed by atoms with Crippen LogP contribution in [0.5, 0.6) is 5.75 Å². The minimum Gasteiger partial charge on any atom is -0.494 e. The molecule has 2 heterocycles. The second kappa shape index (κ2) is 8.86. The predicted octanol–water partition coefficient (Wildman–Crippen LogP) is 5.62. The minimum absolute atomic E-state index is 0.207. The van der Waals surface area contributed by atoms with Gasteiger partial charge in [-0.05, 0) is 56.5 Å². The molecule has 30 heavy (non-hydrogen) atoms. The zero-order valence-corrected chi connectivity index (χ0v) is 16.9. The van der Waals surface area contributed by atoms with Gasteiger partial charge in [-0.25, -0.2) is 4.98 Å². The van der Waals surface area contributed by atoms with Crippen LogP contribution < -0.4 is 4.74 Å². The van der Waals surface area contributed by atoms with E-state index in [4.69, 9.17) is 19.2 Å². The summed E-state index contributed by atoms with van der Waals surface area (Å²) in [5, 5.41) is 8.71. The second-order valence-corrected chi connectivity index (χ2v) is 7.32. The van der Waals surface area contributed by atoms with Crippen LogP contribution in [0.15, 0.2) is 65.5 Å². The first-order valence-corrected chi connectivity index (χ1v) is 10.1. The third-order valence-corrected chi connectivity index (χ3v) is 5.00. The van der Waals surface area contributed by atoms with E-state index in [1.807, 2.05) is 24.3 Å². The molecule has 6 heteroatoms. The highest BCUT2D eigenvalue weighted by atomic mass is 16.5. The molecule has 0 bridgehead atoms. The molecule has 0 aliphatic carbocycles. The van der Waals surface area contributed by atoms with Crippen molar-refractivity contribution in [3.8, 4) is 22.8 Å². The van der Waals surface area contributed by atoms with E-state index in [-0.39, 0.29) is 6.42 Å². The molecule has 1 N–H and O–H groups in total. The average molecular weight is 404 g/mol. The number of carboxylic acid groups (broad SMARTS) is 1. The Morgan fingerprint density at radius 2 is 1.93 bits per heavy atom. The summed E-state index contributed by atoms with van der Waals surface area (Å²) in [7, 11) is 0. The number of nitrogens with zero attached hydrogens (tertiary/aromatic N) is 2. The number of aliphatic carboxylic acids is 1. The predicted molar refractivity (Wildman–Crippen MR) is 115 cm³/mol. The fourth-order valence-corrected chi connectivity index (χ4v) is 3.43. The number of carbonyl (C=O) groups is 1. The Bertz CT molecular complexity index is 1130. The lowest BCUT2D eigenvalue weighted by molar-refractivity contribution is -0.137. The Morgan fingerprint density at radius 1 is 1.10 bits per heavy atom. The minimum atomic E-state index is -0.751. The summed E-state index contributed by atoms with van der Waals surface area (Å²) < 4.78 is 13.3. The average Bonchev–Trinajstić information content (AvgIpc) is 3.38.